The van der Waals surface area contributed by atoms with Crippen LogP contribution in [0.3, 0.4) is 0 Å². The monoisotopic (exact) mass is 376 g/mol. The molecule has 1 fully saturated rings. The molecule has 136 valence electrons. The van der Waals surface area contributed by atoms with E-state index in [0.29, 0.717) is 39.1 Å². The zero-order chi connectivity index (χ0) is 17.8. The first-order valence-corrected chi connectivity index (χ1v) is 10.9. The lowest BCUT2D eigenvalue weighted by atomic mass is 10.2. The average Bonchev–Trinajstić information content (AvgIpc) is 2.60. The van der Waals surface area contributed by atoms with E-state index in [4.69, 9.17) is 4.74 Å². The van der Waals surface area contributed by atoms with Crippen molar-refractivity contribution >= 4 is 20.0 Å². The highest BCUT2D eigenvalue weighted by molar-refractivity contribution is 7.89. The number of rotatable bonds is 7. The zero-order valence-electron chi connectivity index (χ0n) is 13.9. The zero-order valence-corrected chi connectivity index (χ0v) is 15.6. The molecule has 24 heavy (non-hydrogen) atoms. The minimum Gasteiger partial charge on any atom is -0.379 e. The Morgan fingerprint density at radius 3 is 2.00 bits per heavy atom. The van der Waals surface area contributed by atoms with Gasteiger partial charge in [0.25, 0.3) is 0 Å². The van der Waals surface area contributed by atoms with Crippen LogP contribution >= 0.6 is 0 Å². The minimum atomic E-state index is -3.65. The quantitative estimate of drug-likeness (QED) is 0.771. The Balaban J connectivity index is 2.21. The maximum atomic E-state index is 12.5. The van der Waals surface area contributed by atoms with Crippen molar-refractivity contribution in [3.8, 4) is 0 Å². The third-order valence-corrected chi connectivity index (χ3v) is 7.50. The Kier molecular flexibility index (Phi) is 6.38. The molecule has 9 heteroatoms. The fourth-order valence-electron chi connectivity index (χ4n) is 2.47. The lowest BCUT2D eigenvalue weighted by Gasteiger charge is -2.26. The van der Waals surface area contributed by atoms with Crippen LogP contribution < -0.4 is 4.72 Å². The van der Waals surface area contributed by atoms with Crippen molar-refractivity contribution in [1.29, 1.82) is 0 Å². The fourth-order valence-corrected chi connectivity index (χ4v) is 5.28. The van der Waals surface area contributed by atoms with E-state index in [-0.39, 0.29) is 15.8 Å². The molecule has 0 bridgehead atoms. The van der Waals surface area contributed by atoms with Gasteiger partial charge in [-0.05, 0) is 37.1 Å². The number of ether oxygens (including phenoxy) is 1. The van der Waals surface area contributed by atoms with Crippen molar-refractivity contribution in [3.05, 3.63) is 24.3 Å². The highest BCUT2D eigenvalue weighted by Crippen LogP contribution is 2.20. The molecule has 0 saturated carbocycles. The Morgan fingerprint density at radius 1 is 1.00 bits per heavy atom. The standard InChI is InChI=1S/C15H24N2O5S2/c1-3-13(4-2)16-23(18,19)14-5-7-15(8-6-14)24(20,21)17-9-11-22-12-10-17/h5-8,13,16H,3-4,9-12H2,1-2H3. The second-order valence-corrected chi connectivity index (χ2v) is 9.27. The molecule has 1 aromatic rings. The predicted molar refractivity (Wildman–Crippen MR) is 90.7 cm³/mol. The van der Waals surface area contributed by atoms with Crippen LogP contribution in [0.15, 0.2) is 34.1 Å². The summed E-state index contributed by atoms with van der Waals surface area (Å²) in [6, 6.07) is 5.21. The summed E-state index contributed by atoms with van der Waals surface area (Å²) in [7, 11) is -7.27. The topological polar surface area (TPSA) is 92.8 Å². The van der Waals surface area contributed by atoms with E-state index in [9.17, 15) is 16.8 Å². The van der Waals surface area contributed by atoms with Gasteiger partial charge in [0.1, 0.15) is 0 Å². The summed E-state index contributed by atoms with van der Waals surface area (Å²) in [4.78, 5) is 0.154. The molecule has 0 spiro atoms. The molecular formula is C15H24N2O5S2. The van der Waals surface area contributed by atoms with Crippen LogP contribution in [0.2, 0.25) is 0 Å². The normalized spacial score (nSPS) is 17.3. The number of morpholine rings is 1. The molecule has 2 rings (SSSR count). The molecule has 1 heterocycles. The van der Waals surface area contributed by atoms with E-state index in [1.807, 2.05) is 13.8 Å². The van der Waals surface area contributed by atoms with Crippen LogP contribution in [0, 0.1) is 0 Å². The van der Waals surface area contributed by atoms with Crippen LogP contribution in [0.5, 0.6) is 0 Å². The summed E-state index contributed by atoms with van der Waals surface area (Å²) < 4.78 is 58.9. The van der Waals surface area contributed by atoms with Gasteiger partial charge in [-0.15, -0.1) is 0 Å². The summed E-state index contributed by atoms with van der Waals surface area (Å²) in [5, 5.41) is 0. The Morgan fingerprint density at radius 2 is 1.50 bits per heavy atom. The van der Waals surface area contributed by atoms with Crippen molar-refractivity contribution in [2.75, 3.05) is 26.3 Å². The molecule has 7 nitrogen and oxygen atoms in total. The van der Waals surface area contributed by atoms with Crippen molar-refractivity contribution in [3.63, 3.8) is 0 Å². The molecule has 1 saturated heterocycles. The van der Waals surface area contributed by atoms with Crippen LogP contribution in [0.4, 0.5) is 0 Å². The first-order valence-electron chi connectivity index (χ1n) is 8.01. The summed E-state index contributed by atoms with van der Waals surface area (Å²) in [6.07, 6.45) is 1.39. The maximum absolute atomic E-state index is 12.5. The third kappa shape index (κ3) is 4.34. The Labute approximate surface area is 144 Å². The van der Waals surface area contributed by atoms with Crippen LogP contribution in [-0.4, -0.2) is 53.5 Å². The molecule has 0 amide bonds. The van der Waals surface area contributed by atoms with Gasteiger partial charge in [0.15, 0.2) is 0 Å². The van der Waals surface area contributed by atoms with E-state index in [0.717, 1.165) is 0 Å². The van der Waals surface area contributed by atoms with Crippen molar-refractivity contribution < 1.29 is 21.6 Å². The first-order chi connectivity index (χ1) is 11.3. The van der Waals surface area contributed by atoms with E-state index in [2.05, 4.69) is 4.72 Å². The molecule has 0 aromatic heterocycles. The summed E-state index contributed by atoms with van der Waals surface area (Å²) in [5.74, 6) is 0. The fraction of sp³-hybridized carbons (Fsp3) is 0.600. The Bertz CT molecular complexity index is 735. The largest absolute Gasteiger partial charge is 0.379 e. The molecular weight excluding hydrogens is 352 g/mol. The van der Waals surface area contributed by atoms with E-state index < -0.39 is 20.0 Å². The van der Waals surface area contributed by atoms with Crippen LogP contribution in [0.25, 0.3) is 0 Å². The second-order valence-electron chi connectivity index (χ2n) is 5.62. The van der Waals surface area contributed by atoms with Crippen LogP contribution in [0.1, 0.15) is 26.7 Å². The van der Waals surface area contributed by atoms with Gasteiger partial charge >= 0.3 is 0 Å². The highest BCUT2D eigenvalue weighted by atomic mass is 32.2. The third-order valence-electron chi connectivity index (χ3n) is 4.05. The van der Waals surface area contributed by atoms with Gasteiger partial charge in [0.2, 0.25) is 20.0 Å². The first kappa shape index (κ1) is 19.3. The minimum absolute atomic E-state index is 0.0651. The van der Waals surface area contributed by atoms with E-state index >= 15 is 0 Å². The van der Waals surface area contributed by atoms with Gasteiger partial charge in [-0.3, -0.25) is 0 Å². The number of nitrogens with one attached hydrogen (secondary N) is 1. The van der Waals surface area contributed by atoms with E-state index in [1.54, 1.807) is 0 Å². The summed E-state index contributed by atoms with van der Waals surface area (Å²) in [6.45, 7) is 5.16. The summed E-state index contributed by atoms with van der Waals surface area (Å²) in [5.41, 5.74) is 0. The highest BCUT2D eigenvalue weighted by Gasteiger charge is 2.27. The molecule has 1 aliphatic rings. The summed E-state index contributed by atoms with van der Waals surface area (Å²) >= 11 is 0. The average molecular weight is 377 g/mol. The number of sulfonamides is 2. The predicted octanol–water partition coefficient (Wildman–Crippen LogP) is 1.17. The van der Waals surface area contributed by atoms with Crippen molar-refractivity contribution in [1.82, 2.24) is 9.03 Å². The van der Waals surface area contributed by atoms with Gasteiger partial charge in [0, 0.05) is 19.1 Å². The maximum Gasteiger partial charge on any atom is 0.243 e. The smallest absolute Gasteiger partial charge is 0.243 e. The van der Waals surface area contributed by atoms with Crippen molar-refractivity contribution in [2.45, 2.75) is 42.5 Å². The molecule has 0 aliphatic carbocycles. The molecule has 0 unspecified atom stereocenters. The molecule has 0 radical (unpaired) electrons. The van der Waals surface area contributed by atoms with Gasteiger partial charge in [0.05, 0.1) is 23.0 Å². The van der Waals surface area contributed by atoms with Gasteiger partial charge in [-0.25, -0.2) is 21.6 Å². The molecule has 0 atom stereocenters. The molecule has 1 N–H and O–H groups in total. The number of hydrogen-bond acceptors (Lipinski definition) is 5. The number of benzene rings is 1. The van der Waals surface area contributed by atoms with Crippen molar-refractivity contribution in [2.24, 2.45) is 0 Å². The van der Waals surface area contributed by atoms with Crippen LogP contribution in [-0.2, 0) is 24.8 Å². The van der Waals surface area contributed by atoms with Gasteiger partial charge in [-0.2, -0.15) is 4.31 Å². The molecule has 1 aliphatic heterocycles. The number of nitrogens with zero attached hydrogens (tertiary/aromatic N) is 1. The Hall–Kier alpha value is -1.00. The number of hydrogen-bond donors (Lipinski definition) is 1. The molecule has 1 aromatic carbocycles. The van der Waals surface area contributed by atoms with E-state index in [1.165, 1.54) is 28.6 Å². The van der Waals surface area contributed by atoms with Gasteiger partial charge in [-0.1, -0.05) is 13.8 Å². The SMILES string of the molecule is CCC(CC)NS(=O)(=O)c1ccc(S(=O)(=O)N2CCOCC2)cc1. The lowest BCUT2D eigenvalue weighted by Crippen LogP contribution is -2.40. The second kappa shape index (κ2) is 7.92. The lowest BCUT2D eigenvalue weighted by molar-refractivity contribution is 0.0730. The van der Waals surface area contributed by atoms with Gasteiger partial charge < -0.3 is 4.74 Å².